The number of rotatable bonds is 10. The first-order chi connectivity index (χ1) is 14.9. The molecule has 0 saturated carbocycles. The lowest BCUT2D eigenvalue weighted by Crippen LogP contribution is -2.33. The Labute approximate surface area is 180 Å². The summed E-state index contributed by atoms with van der Waals surface area (Å²) in [5.41, 5.74) is 2.01. The monoisotopic (exact) mass is 439 g/mol. The van der Waals surface area contributed by atoms with Crippen LogP contribution in [0.4, 0.5) is 18.9 Å². The van der Waals surface area contributed by atoms with Crippen LogP contribution in [-0.4, -0.2) is 40.0 Å². The molecule has 1 fully saturated rings. The summed E-state index contributed by atoms with van der Waals surface area (Å²) in [7, 11) is 1.60. The molecule has 5 nitrogen and oxygen atoms in total. The van der Waals surface area contributed by atoms with Crippen LogP contribution >= 0.6 is 0 Å². The molecule has 0 bridgehead atoms. The molecule has 2 aromatic carbocycles. The summed E-state index contributed by atoms with van der Waals surface area (Å²) in [6.07, 6.45) is -1.48. The Morgan fingerprint density at radius 1 is 0.935 bits per heavy atom. The molecule has 2 aromatic rings. The summed E-state index contributed by atoms with van der Waals surface area (Å²) in [4.78, 5) is 2.38. The Bertz CT molecular complexity index is 773. The summed E-state index contributed by atoms with van der Waals surface area (Å²) in [5, 5.41) is 0. The van der Waals surface area contributed by atoms with E-state index in [0.29, 0.717) is 19.1 Å². The first kappa shape index (κ1) is 23.2. The quantitative estimate of drug-likeness (QED) is 0.367. The van der Waals surface area contributed by atoms with Gasteiger partial charge in [-0.05, 0) is 67.1 Å². The van der Waals surface area contributed by atoms with E-state index >= 15 is 0 Å². The van der Waals surface area contributed by atoms with Crippen molar-refractivity contribution in [1.82, 2.24) is 0 Å². The van der Waals surface area contributed by atoms with E-state index in [-0.39, 0.29) is 12.5 Å². The van der Waals surface area contributed by atoms with E-state index in [0.717, 1.165) is 43.7 Å². The van der Waals surface area contributed by atoms with Crippen LogP contribution in [0.2, 0.25) is 0 Å². The van der Waals surface area contributed by atoms with Gasteiger partial charge in [-0.3, -0.25) is 0 Å². The van der Waals surface area contributed by atoms with Crippen molar-refractivity contribution in [3.63, 3.8) is 0 Å². The van der Waals surface area contributed by atoms with E-state index in [1.54, 1.807) is 19.2 Å². The Balaban J connectivity index is 1.32. The minimum Gasteiger partial charge on any atom is -0.468 e. The molecule has 0 radical (unpaired) electrons. The van der Waals surface area contributed by atoms with Gasteiger partial charge in [0.05, 0.1) is 6.61 Å². The third-order valence-corrected chi connectivity index (χ3v) is 5.26. The van der Waals surface area contributed by atoms with Crippen molar-refractivity contribution in [1.29, 1.82) is 0 Å². The predicted octanol–water partition coefficient (Wildman–Crippen LogP) is 5.39. The Morgan fingerprint density at radius 3 is 2.19 bits per heavy atom. The predicted molar refractivity (Wildman–Crippen MR) is 111 cm³/mol. The maximum atomic E-state index is 12.2. The average molecular weight is 439 g/mol. The number of alkyl halides is 3. The molecule has 8 heteroatoms. The third-order valence-electron chi connectivity index (χ3n) is 5.26. The normalized spacial score (nSPS) is 15.2. The highest BCUT2D eigenvalue weighted by molar-refractivity contribution is 5.49. The number of halogens is 3. The van der Waals surface area contributed by atoms with Gasteiger partial charge in [-0.15, -0.1) is 13.2 Å². The first-order valence-electron chi connectivity index (χ1n) is 10.3. The van der Waals surface area contributed by atoms with Crippen molar-refractivity contribution in [2.75, 3.05) is 38.5 Å². The van der Waals surface area contributed by atoms with Crippen LogP contribution in [0.15, 0.2) is 48.5 Å². The molecule has 3 rings (SSSR count). The number of methoxy groups -OCH3 is 1. The summed E-state index contributed by atoms with van der Waals surface area (Å²) in [5.74, 6) is 1.18. The minimum atomic E-state index is -4.67. The number of ether oxygens (including phenoxy) is 4. The molecule has 0 amide bonds. The van der Waals surface area contributed by atoms with Crippen molar-refractivity contribution >= 4 is 5.69 Å². The lowest BCUT2D eigenvalue weighted by molar-refractivity contribution is -0.274. The van der Waals surface area contributed by atoms with Crippen LogP contribution in [0.5, 0.6) is 11.5 Å². The maximum Gasteiger partial charge on any atom is 0.573 e. The number of hydrogen-bond donors (Lipinski definition) is 0. The molecule has 0 aliphatic carbocycles. The molecule has 170 valence electrons. The van der Waals surface area contributed by atoms with Crippen molar-refractivity contribution in [2.45, 2.75) is 32.2 Å². The second-order valence-corrected chi connectivity index (χ2v) is 7.51. The molecule has 31 heavy (non-hydrogen) atoms. The summed E-state index contributed by atoms with van der Waals surface area (Å²) >= 11 is 0. The largest absolute Gasteiger partial charge is 0.573 e. The van der Waals surface area contributed by atoms with Crippen molar-refractivity contribution in [3.8, 4) is 11.5 Å². The number of piperidine rings is 1. The Kier molecular flexibility index (Phi) is 8.43. The van der Waals surface area contributed by atoms with E-state index in [9.17, 15) is 13.2 Å². The van der Waals surface area contributed by atoms with Crippen LogP contribution in [-0.2, 0) is 16.1 Å². The third kappa shape index (κ3) is 7.95. The second-order valence-electron chi connectivity index (χ2n) is 7.51. The van der Waals surface area contributed by atoms with Crippen molar-refractivity contribution in [3.05, 3.63) is 54.1 Å². The van der Waals surface area contributed by atoms with Gasteiger partial charge in [-0.2, -0.15) is 0 Å². The van der Waals surface area contributed by atoms with Crippen LogP contribution < -0.4 is 14.4 Å². The Morgan fingerprint density at radius 2 is 1.58 bits per heavy atom. The minimum absolute atomic E-state index is 0.222. The molecule has 1 aliphatic heterocycles. The summed E-state index contributed by atoms with van der Waals surface area (Å²) in [6, 6.07) is 13.8. The molecule has 1 heterocycles. The summed E-state index contributed by atoms with van der Waals surface area (Å²) in [6.45, 7) is 3.26. The van der Waals surface area contributed by atoms with Crippen LogP contribution in [0, 0.1) is 5.92 Å². The second kappa shape index (κ2) is 11.2. The topological polar surface area (TPSA) is 40.2 Å². The van der Waals surface area contributed by atoms with E-state index in [1.165, 1.54) is 17.8 Å². The number of anilines is 1. The number of hydrogen-bond acceptors (Lipinski definition) is 5. The molecule has 0 atom stereocenters. The highest BCUT2D eigenvalue weighted by Gasteiger charge is 2.30. The maximum absolute atomic E-state index is 12.2. The van der Waals surface area contributed by atoms with Gasteiger partial charge in [0.2, 0.25) is 0 Å². The van der Waals surface area contributed by atoms with Gasteiger partial charge in [0.15, 0.2) is 6.79 Å². The smallest absolute Gasteiger partial charge is 0.468 e. The number of nitrogens with zero attached hydrogens (tertiary/aromatic N) is 1. The zero-order valence-corrected chi connectivity index (χ0v) is 17.6. The van der Waals surface area contributed by atoms with E-state index in [4.69, 9.17) is 14.2 Å². The lowest BCUT2D eigenvalue weighted by Gasteiger charge is -2.33. The fraction of sp³-hybridized carbons (Fsp3) is 0.478. The molecular formula is C23H28F3NO4. The molecule has 1 aliphatic rings. The van der Waals surface area contributed by atoms with E-state index in [2.05, 4.69) is 21.8 Å². The zero-order valence-electron chi connectivity index (χ0n) is 17.6. The molecule has 0 unspecified atom stereocenters. The zero-order chi connectivity index (χ0) is 22.1. The standard InChI is InChI=1S/C23H28F3NO4/c1-28-17-30-21-8-4-20(5-9-21)27-13-10-18(11-14-27)12-15-29-16-19-2-6-22(7-3-19)31-23(24,25)26/h2-9,18H,10-17H2,1H3. The molecular weight excluding hydrogens is 411 g/mol. The van der Waals surface area contributed by atoms with Gasteiger partial charge < -0.3 is 23.8 Å². The van der Waals surface area contributed by atoms with Crippen LogP contribution in [0.1, 0.15) is 24.8 Å². The van der Waals surface area contributed by atoms with Crippen molar-refractivity contribution < 1.29 is 32.1 Å². The van der Waals surface area contributed by atoms with Crippen LogP contribution in [0.25, 0.3) is 0 Å². The fourth-order valence-electron chi connectivity index (χ4n) is 3.59. The molecule has 0 aromatic heterocycles. The van der Waals surface area contributed by atoms with Gasteiger partial charge in [-0.25, -0.2) is 0 Å². The van der Waals surface area contributed by atoms with E-state index in [1.807, 2.05) is 12.1 Å². The SMILES string of the molecule is COCOc1ccc(N2CCC(CCOCc3ccc(OC(F)(F)F)cc3)CC2)cc1. The van der Waals surface area contributed by atoms with Gasteiger partial charge in [0, 0.05) is 32.5 Å². The van der Waals surface area contributed by atoms with E-state index < -0.39 is 6.36 Å². The average Bonchev–Trinajstić information content (AvgIpc) is 2.76. The lowest BCUT2D eigenvalue weighted by atomic mass is 9.93. The highest BCUT2D eigenvalue weighted by atomic mass is 19.4. The van der Waals surface area contributed by atoms with Gasteiger partial charge in [0.25, 0.3) is 0 Å². The summed E-state index contributed by atoms with van der Waals surface area (Å²) < 4.78 is 56.5. The molecule has 1 saturated heterocycles. The van der Waals surface area contributed by atoms with Gasteiger partial charge >= 0.3 is 6.36 Å². The van der Waals surface area contributed by atoms with Gasteiger partial charge in [0.1, 0.15) is 11.5 Å². The number of benzene rings is 2. The Hall–Kier alpha value is -2.45. The van der Waals surface area contributed by atoms with Crippen LogP contribution in [0.3, 0.4) is 0 Å². The first-order valence-corrected chi connectivity index (χ1v) is 10.3. The van der Waals surface area contributed by atoms with Gasteiger partial charge in [-0.1, -0.05) is 12.1 Å². The molecule has 0 N–H and O–H groups in total. The molecule has 0 spiro atoms. The van der Waals surface area contributed by atoms with Crippen molar-refractivity contribution in [2.24, 2.45) is 5.92 Å². The fourth-order valence-corrected chi connectivity index (χ4v) is 3.59. The highest BCUT2D eigenvalue weighted by Crippen LogP contribution is 2.27.